The van der Waals surface area contributed by atoms with Gasteiger partial charge >= 0.3 is 0 Å². The molecule has 0 aliphatic carbocycles. The lowest BCUT2D eigenvalue weighted by Gasteiger charge is -2.37. The molecule has 30 heavy (non-hydrogen) atoms. The van der Waals surface area contributed by atoms with Crippen molar-refractivity contribution < 1.29 is 9.84 Å². The summed E-state index contributed by atoms with van der Waals surface area (Å²) in [7, 11) is 0. The van der Waals surface area contributed by atoms with Crippen LogP contribution in [0.5, 0.6) is 0 Å². The van der Waals surface area contributed by atoms with Crippen LogP contribution in [0, 0.1) is 13.8 Å². The summed E-state index contributed by atoms with van der Waals surface area (Å²) in [5.74, 6) is 0.860. The largest absolute Gasteiger partial charge is 0.488 e. The summed E-state index contributed by atoms with van der Waals surface area (Å²) in [4.78, 5) is 2.26. The van der Waals surface area contributed by atoms with Crippen LogP contribution < -0.4 is 0 Å². The van der Waals surface area contributed by atoms with E-state index in [1.165, 1.54) is 33.4 Å². The van der Waals surface area contributed by atoms with Gasteiger partial charge in [-0.25, -0.2) is 0 Å². The van der Waals surface area contributed by atoms with Crippen molar-refractivity contribution >= 4 is 11.3 Å². The highest BCUT2D eigenvalue weighted by Crippen LogP contribution is 2.42. The Labute approximate surface area is 180 Å². The highest BCUT2D eigenvalue weighted by molar-refractivity contribution is 5.81. The normalized spacial score (nSPS) is 19.7. The first-order valence-corrected chi connectivity index (χ1v) is 10.7. The summed E-state index contributed by atoms with van der Waals surface area (Å²) in [6.07, 6.45) is 6.85. The quantitative estimate of drug-likeness (QED) is 0.654. The lowest BCUT2D eigenvalue weighted by atomic mass is 9.87. The monoisotopic (exact) mass is 401 g/mol. The van der Waals surface area contributed by atoms with Crippen LogP contribution in [0.2, 0.25) is 0 Å². The number of nitrogens with zero attached hydrogens (tertiary/aromatic N) is 1. The van der Waals surface area contributed by atoms with Crippen LogP contribution in [0.3, 0.4) is 0 Å². The van der Waals surface area contributed by atoms with Gasteiger partial charge in [0.05, 0.1) is 18.2 Å². The molecule has 0 amide bonds. The van der Waals surface area contributed by atoms with Crippen molar-refractivity contribution in [3.05, 3.63) is 94.3 Å². The third-order valence-electron chi connectivity index (χ3n) is 5.78. The second-order valence-corrected chi connectivity index (χ2v) is 8.75. The molecule has 0 spiro atoms. The Bertz CT molecular complexity index is 1020. The Hall–Kier alpha value is -2.78. The summed E-state index contributed by atoms with van der Waals surface area (Å²) in [5, 5.41) is 9.74. The van der Waals surface area contributed by atoms with Gasteiger partial charge in [-0.1, -0.05) is 59.7 Å². The van der Waals surface area contributed by atoms with Gasteiger partial charge in [-0.15, -0.1) is 0 Å². The smallest absolute Gasteiger partial charge is 0.143 e. The fourth-order valence-corrected chi connectivity index (χ4v) is 4.57. The predicted octanol–water partition coefficient (Wildman–Crippen LogP) is 6.14. The van der Waals surface area contributed by atoms with Gasteiger partial charge in [0.25, 0.3) is 0 Å². The van der Waals surface area contributed by atoms with E-state index in [4.69, 9.17) is 4.74 Å². The molecule has 0 aromatic heterocycles. The zero-order chi connectivity index (χ0) is 21.4. The van der Waals surface area contributed by atoms with Crippen LogP contribution in [-0.4, -0.2) is 22.2 Å². The molecule has 2 aromatic carbocycles. The Morgan fingerprint density at radius 1 is 1.00 bits per heavy atom. The van der Waals surface area contributed by atoms with E-state index < -0.39 is 0 Å². The van der Waals surface area contributed by atoms with Crippen LogP contribution in [-0.2, 0) is 4.74 Å². The van der Waals surface area contributed by atoms with E-state index in [1.54, 1.807) is 6.92 Å². The maximum Gasteiger partial charge on any atom is 0.143 e. The van der Waals surface area contributed by atoms with Gasteiger partial charge in [-0.05, 0) is 51.3 Å². The zero-order valence-corrected chi connectivity index (χ0v) is 18.5. The Morgan fingerprint density at radius 2 is 1.70 bits per heavy atom. The molecule has 0 saturated heterocycles. The number of ether oxygens (including phenoxy) is 1. The number of hydrogen-bond donors (Lipinski definition) is 1. The molecular weight excluding hydrogens is 370 g/mol. The summed E-state index contributed by atoms with van der Waals surface area (Å²) >= 11 is 0. The molecular formula is C27H31NO2. The third-order valence-corrected chi connectivity index (χ3v) is 5.78. The predicted molar refractivity (Wildman–Crippen MR) is 123 cm³/mol. The minimum Gasteiger partial charge on any atom is -0.488 e. The van der Waals surface area contributed by atoms with Crippen molar-refractivity contribution in [2.45, 2.75) is 59.3 Å². The lowest BCUT2D eigenvalue weighted by Crippen LogP contribution is -2.27. The van der Waals surface area contributed by atoms with Gasteiger partial charge in [-0.3, -0.25) is 0 Å². The Kier molecular flexibility index (Phi) is 5.57. The van der Waals surface area contributed by atoms with E-state index in [2.05, 4.69) is 86.6 Å². The minimum absolute atomic E-state index is 0.0641. The molecule has 2 aliphatic heterocycles. The molecule has 2 aromatic rings. The molecule has 156 valence electrons. The highest BCUT2D eigenvalue weighted by Gasteiger charge is 2.30. The Morgan fingerprint density at radius 3 is 2.40 bits per heavy atom. The third kappa shape index (κ3) is 4.08. The van der Waals surface area contributed by atoms with Crippen molar-refractivity contribution in [3.8, 4) is 0 Å². The molecule has 0 bridgehead atoms. The number of aryl methyl sites for hydroxylation is 2. The molecule has 3 unspecified atom stereocenters. The fourth-order valence-electron chi connectivity index (χ4n) is 4.57. The van der Waals surface area contributed by atoms with Crippen molar-refractivity contribution in [2.24, 2.45) is 0 Å². The number of aliphatic hydroxyl groups is 1. The second-order valence-electron chi connectivity index (χ2n) is 8.75. The van der Waals surface area contributed by atoms with Crippen LogP contribution in [0.4, 0.5) is 0 Å². The summed E-state index contributed by atoms with van der Waals surface area (Å²) in [6, 6.07) is 15.3. The van der Waals surface area contributed by atoms with Gasteiger partial charge in [0.2, 0.25) is 0 Å². The molecule has 1 N–H and O–H groups in total. The van der Waals surface area contributed by atoms with Crippen molar-refractivity contribution in [1.29, 1.82) is 0 Å². The number of allylic oxidation sites excluding steroid dienone is 2. The lowest BCUT2D eigenvalue weighted by molar-refractivity contribution is 0.0972. The summed E-state index contributed by atoms with van der Waals surface area (Å²) < 4.78 is 6.29. The maximum atomic E-state index is 9.74. The number of rotatable bonds is 5. The molecule has 0 saturated carbocycles. The van der Waals surface area contributed by atoms with Crippen LogP contribution in [0.25, 0.3) is 11.3 Å². The van der Waals surface area contributed by atoms with Crippen LogP contribution in [0.15, 0.2) is 66.5 Å². The molecule has 2 heterocycles. The number of benzene rings is 2. The molecule has 2 aliphatic rings. The van der Waals surface area contributed by atoms with Gasteiger partial charge < -0.3 is 14.7 Å². The zero-order valence-electron chi connectivity index (χ0n) is 18.5. The maximum absolute atomic E-state index is 9.74. The molecule has 3 atom stereocenters. The summed E-state index contributed by atoms with van der Waals surface area (Å²) in [6.45, 7) is 10.3. The molecule has 4 rings (SSSR count). The standard InChI is InChI=1S/C27H31NO2/c1-17-10-18(2)12-22(11-17)25-15-28-16-27(30-21(5)14-20(4)29)24-9-7-6-8-23(24)26(28)13-19(25)3/h6-13,15-16,20-21,26,29H,14H2,1-5H3. The van der Waals surface area contributed by atoms with Crippen LogP contribution >= 0.6 is 0 Å². The summed E-state index contributed by atoms with van der Waals surface area (Å²) in [5.41, 5.74) is 8.70. The van der Waals surface area contributed by atoms with E-state index >= 15 is 0 Å². The Balaban J connectivity index is 1.75. The SMILES string of the molecule is CC1=CC2c3ccccc3C(OC(C)CC(C)O)=CN2C=C1c1cc(C)cc(C)c1. The van der Waals surface area contributed by atoms with Gasteiger partial charge in [0.15, 0.2) is 0 Å². The molecule has 0 radical (unpaired) electrons. The topological polar surface area (TPSA) is 32.7 Å². The molecule has 3 heteroatoms. The first kappa shape index (κ1) is 20.5. The molecule has 3 nitrogen and oxygen atoms in total. The second kappa shape index (κ2) is 8.16. The average molecular weight is 402 g/mol. The van der Waals surface area contributed by atoms with Crippen molar-refractivity contribution in [1.82, 2.24) is 4.90 Å². The van der Waals surface area contributed by atoms with E-state index in [1.807, 2.05) is 6.92 Å². The van der Waals surface area contributed by atoms with Crippen LogP contribution in [0.1, 0.15) is 61.1 Å². The van der Waals surface area contributed by atoms with Gasteiger partial charge in [0.1, 0.15) is 5.76 Å². The van der Waals surface area contributed by atoms with E-state index in [9.17, 15) is 5.11 Å². The number of hydrogen-bond acceptors (Lipinski definition) is 3. The van der Waals surface area contributed by atoms with E-state index in [-0.39, 0.29) is 18.2 Å². The molecule has 0 fully saturated rings. The first-order valence-electron chi connectivity index (χ1n) is 10.7. The van der Waals surface area contributed by atoms with E-state index in [0.29, 0.717) is 6.42 Å². The van der Waals surface area contributed by atoms with Crippen molar-refractivity contribution in [2.75, 3.05) is 0 Å². The van der Waals surface area contributed by atoms with Gasteiger partial charge in [0, 0.05) is 30.0 Å². The van der Waals surface area contributed by atoms with E-state index in [0.717, 1.165) is 11.3 Å². The number of aliphatic hydroxyl groups excluding tert-OH is 1. The first-order chi connectivity index (χ1) is 14.3. The van der Waals surface area contributed by atoms with Crippen molar-refractivity contribution in [3.63, 3.8) is 0 Å². The highest BCUT2D eigenvalue weighted by atomic mass is 16.5. The van der Waals surface area contributed by atoms with Gasteiger partial charge in [-0.2, -0.15) is 0 Å². The average Bonchev–Trinajstić information content (AvgIpc) is 2.67. The number of fused-ring (bicyclic) bond motifs is 3. The fraction of sp³-hybridized carbons (Fsp3) is 0.333. The minimum atomic E-state index is -0.385.